The number of aromatic nitrogens is 1. The first-order valence-electron chi connectivity index (χ1n) is 6.79. The smallest absolute Gasteiger partial charge is 0.251 e. The number of nitrogens with two attached hydrogens (primary N) is 1. The van der Waals surface area contributed by atoms with Crippen molar-refractivity contribution in [3.63, 3.8) is 0 Å². The van der Waals surface area contributed by atoms with Gasteiger partial charge in [-0.05, 0) is 25.0 Å². The van der Waals surface area contributed by atoms with E-state index in [9.17, 15) is 13.2 Å². The van der Waals surface area contributed by atoms with Gasteiger partial charge in [0.25, 0.3) is 5.91 Å². The van der Waals surface area contributed by atoms with Gasteiger partial charge < -0.3 is 10.7 Å². The molecule has 0 saturated heterocycles. The second-order valence-electron chi connectivity index (χ2n) is 4.87. The predicted molar refractivity (Wildman–Crippen MR) is 82.7 cm³/mol. The first-order valence-corrected chi connectivity index (χ1v) is 8.85. The van der Waals surface area contributed by atoms with E-state index in [1.165, 1.54) is 6.26 Å². The van der Waals surface area contributed by atoms with E-state index in [0.717, 1.165) is 18.5 Å². The zero-order valence-electron chi connectivity index (χ0n) is 12.3. The molecule has 1 heterocycles. The first-order chi connectivity index (χ1) is 9.85. The minimum absolute atomic E-state index is 0.0559. The highest BCUT2D eigenvalue weighted by Crippen LogP contribution is 2.11. The number of anilines is 1. The number of nitrogen functional groups attached to an aromatic ring is 1. The molecule has 0 atom stereocenters. The Balaban J connectivity index is 2.66. The largest absolute Gasteiger partial charge is 0.352 e. The van der Waals surface area contributed by atoms with E-state index in [4.69, 9.17) is 5.84 Å². The highest BCUT2D eigenvalue weighted by molar-refractivity contribution is 7.90. The summed E-state index contributed by atoms with van der Waals surface area (Å²) in [6.07, 6.45) is 3.23. The summed E-state index contributed by atoms with van der Waals surface area (Å²) in [6, 6.07) is 3.28. The van der Waals surface area contributed by atoms with Crippen LogP contribution in [-0.2, 0) is 16.3 Å². The highest BCUT2D eigenvalue weighted by atomic mass is 32.2. The second kappa shape index (κ2) is 7.94. The third-order valence-electron chi connectivity index (χ3n) is 2.77. The molecule has 0 fully saturated rings. The number of rotatable bonds is 8. The fourth-order valence-corrected chi connectivity index (χ4v) is 2.48. The molecule has 1 rings (SSSR count). The van der Waals surface area contributed by atoms with Crippen molar-refractivity contribution in [1.29, 1.82) is 0 Å². The van der Waals surface area contributed by atoms with E-state index in [-0.39, 0.29) is 11.7 Å². The van der Waals surface area contributed by atoms with Crippen LogP contribution in [0.5, 0.6) is 0 Å². The fraction of sp³-hybridized carbons (Fsp3) is 0.538. The molecule has 0 aromatic carbocycles. The standard InChI is InChI=1S/C13H22N4O3S/c1-3-5-11-8-10(9-12(16-11)17-14)13(18)15-6-4-7-21(2,19)20/h8-9H,3-7,14H2,1-2H3,(H,15,18)(H,16,17). The third kappa shape index (κ3) is 6.54. The Morgan fingerprint density at radius 2 is 2.10 bits per heavy atom. The molecule has 0 aliphatic rings. The van der Waals surface area contributed by atoms with Crippen LogP contribution in [0.15, 0.2) is 12.1 Å². The molecule has 1 aromatic rings. The number of pyridine rings is 1. The zero-order chi connectivity index (χ0) is 15.9. The lowest BCUT2D eigenvalue weighted by molar-refractivity contribution is 0.0953. The number of carbonyl (C=O) groups is 1. The summed E-state index contributed by atoms with van der Waals surface area (Å²) in [4.78, 5) is 16.3. The van der Waals surface area contributed by atoms with Crippen LogP contribution in [0, 0.1) is 0 Å². The average molecular weight is 314 g/mol. The SMILES string of the molecule is CCCc1cc(C(=O)NCCCS(C)(=O)=O)cc(NN)n1. The third-order valence-corrected chi connectivity index (χ3v) is 3.80. The molecule has 0 saturated carbocycles. The van der Waals surface area contributed by atoms with Gasteiger partial charge in [0.1, 0.15) is 15.7 Å². The summed E-state index contributed by atoms with van der Waals surface area (Å²) in [6.45, 7) is 2.33. The van der Waals surface area contributed by atoms with Gasteiger partial charge in [0, 0.05) is 24.1 Å². The zero-order valence-corrected chi connectivity index (χ0v) is 13.2. The average Bonchev–Trinajstić information content (AvgIpc) is 2.42. The van der Waals surface area contributed by atoms with Crippen LogP contribution in [0.1, 0.15) is 35.8 Å². The number of carbonyl (C=O) groups excluding carboxylic acids is 1. The predicted octanol–water partition coefficient (Wildman–Crippen LogP) is 0.484. The minimum atomic E-state index is -3.00. The number of amides is 1. The van der Waals surface area contributed by atoms with E-state index < -0.39 is 9.84 Å². The molecule has 0 aliphatic heterocycles. The van der Waals surface area contributed by atoms with Gasteiger partial charge in [-0.1, -0.05) is 13.3 Å². The van der Waals surface area contributed by atoms with Crippen molar-refractivity contribution in [2.45, 2.75) is 26.2 Å². The van der Waals surface area contributed by atoms with Crippen molar-refractivity contribution in [1.82, 2.24) is 10.3 Å². The number of hydrogen-bond donors (Lipinski definition) is 3. The van der Waals surface area contributed by atoms with Crippen LogP contribution in [-0.4, -0.2) is 37.9 Å². The molecular weight excluding hydrogens is 292 g/mol. The molecule has 0 radical (unpaired) electrons. The Hall–Kier alpha value is -1.67. The Morgan fingerprint density at radius 1 is 1.38 bits per heavy atom. The topological polar surface area (TPSA) is 114 Å². The van der Waals surface area contributed by atoms with Crippen LogP contribution in [0.2, 0.25) is 0 Å². The fourth-order valence-electron chi connectivity index (χ4n) is 1.82. The van der Waals surface area contributed by atoms with Crippen LogP contribution < -0.4 is 16.6 Å². The van der Waals surface area contributed by atoms with E-state index in [2.05, 4.69) is 15.7 Å². The second-order valence-corrected chi connectivity index (χ2v) is 7.13. The molecular formula is C13H22N4O3S. The maximum atomic E-state index is 12.0. The molecule has 1 aromatic heterocycles. The van der Waals surface area contributed by atoms with Gasteiger partial charge in [-0.15, -0.1) is 0 Å². The summed E-state index contributed by atoms with van der Waals surface area (Å²) < 4.78 is 22.0. The van der Waals surface area contributed by atoms with Crippen molar-refractivity contribution in [2.75, 3.05) is 24.0 Å². The molecule has 21 heavy (non-hydrogen) atoms. The molecule has 0 bridgehead atoms. The van der Waals surface area contributed by atoms with E-state index in [1.807, 2.05) is 6.92 Å². The van der Waals surface area contributed by atoms with E-state index in [0.29, 0.717) is 24.3 Å². The maximum absolute atomic E-state index is 12.0. The molecule has 0 aliphatic carbocycles. The van der Waals surface area contributed by atoms with Crippen molar-refractivity contribution >= 4 is 21.6 Å². The van der Waals surface area contributed by atoms with Gasteiger partial charge >= 0.3 is 0 Å². The summed E-state index contributed by atoms with van der Waals surface area (Å²) in [7, 11) is -3.00. The number of hydrazine groups is 1. The van der Waals surface area contributed by atoms with E-state index in [1.54, 1.807) is 12.1 Å². The van der Waals surface area contributed by atoms with Gasteiger partial charge in [-0.3, -0.25) is 4.79 Å². The molecule has 4 N–H and O–H groups in total. The van der Waals surface area contributed by atoms with Gasteiger partial charge in [0.05, 0.1) is 5.75 Å². The molecule has 0 spiro atoms. The lowest BCUT2D eigenvalue weighted by Gasteiger charge is -2.09. The molecule has 8 heteroatoms. The van der Waals surface area contributed by atoms with Crippen molar-refractivity contribution in [3.8, 4) is 0 Å². The normalized spacial score (nSPS) is 11.2. The van der Waals surface area contributed by atoms with Gasteiger partial charge in [0.15, 0.2) is 0 Å². The lowest BCUT2D eigenvalue weighted by Crippen LogP contribution is -2.26. The molecule has 7 nitrogen and oxygen atoms in total. The molecule has 1 amide bonds. The van der Waals surface area contributed by atoms with Crippen LogP contribution >= 0.6 is 0 Å². The van der Waals surface area contributed by atoms with E-state index >= 15 is 0 Å². The highest BCUT2D eigenvalue weighted by Gasteiger charge is 2.10. The monoisotopic (exact) mass is 314 g/mol. The first kappa shape index (κ1) is 17.4. The molecule has 0 unspecified atom stereocenters. The van der Waals surface area contributed by atoms with Crippen molar-refractivity contribution in [2.24, 2.45) is 5.84 Å². The van der Waals surface area contributed by atoms with Crippen molar-refractivity contribution in [3.05, 3.63) is 23.4 Å². The number of hydrogen-bond acceptors (Lipinski definition) is 6. The van der Waals surface area contributed by atoms with Gasteiger partial charge in [-0.2, -0.15) is 0 Å². The van der Waals surface area contributed by atoms with Crippen LogP contribution in [0.3, 0.4) is 0 Å². The summed E-state index contributed by atoms with van der Waals surface area (Å²) in [5.41, 5.74) is 3.68. The Morgan fingerprint density at radius 3 is 2.67 bits per heavy atom. The maximum Gasteiger partial charge on any atom is 0.251 e. The van der Waals surface area contributed by atoms with Crippen LogP contribution in [0.4, 0.5) is 5.82 Å². The van der Waals surface area contributed by atoms with Crippen LogP contribution in [0.25, 0.3) is 0 Å². The summed E-state index contributed by atoms with van der Waals surface area (Å²) >= 11 is 0. The quantitative estimate of drug-likeness (QED) is 0.365. The summed E-state index contributed by atoms with van der Waals surface area (Å²) in [5, 5.41) is 2.69. The molecule has 118 valence electrons. The number of sulfone groups is 1. The Bertz CT molecular complexity index is 587. The number of aryl methyl sites for hydroxylation is 1. The minimum Gasteiger partial charge on any atom is -0.352 e. The summed E-state index contributed by atoms with van der Waals surface area (Å²) in [5.74, 6) is 5.57. The van der Waals surface area contributed by atoms with Gasteiger partial charge in [-0.25, -0.2) is 19.2 Å². The Labute approximate surface area is 125 Å². The Kier molecular flexibility index (Phi) is 6.57. The number of nitrogens with one attached hydrogen (secondary N) is 2. The van der Waals surface area contributed by atoms with Gasteiger partial charge in [0.2, 0.25) is 0 Å². The number of nitrogens with zero attached hydrogens (tertiary/aromatic N) is 1. The van der Waals surface area contributed by atoms with Crippen molar-refractivity contribution < 1.29 is 13.2 Å². The lowest BCUT2D eigenvalue weighted by atomic mass is 10.1.